The highest BCUT2D eigenvalue weighted by Crippen LogP contribution is 2.40. The number of carbonyl (C=O) groups excluding carboxylic acids is 2. The summed E-state index contributed by atoms with van der Waals surface area (Å²) in [5, 5.41) is 6.63. The van der Waals surface area contributed by atoms with Gasteiger partial charge in [0, 0.05) is 10.9 Å². The molecule has 6 heteroatoms. The molecule has 0 aromatic carbocycles. The molecule has 0 saturated heterocycles. The van der Waals surface area contributed by atoms with Gasteiger partial charge < -0.3 is 10.1 Å². The molecular formula is C19H28N2O3S. The highest BCUT2D eigenvalue weighted by Gasteiger charge is 2.29. The second-order valence-electron chi connectivity index (χ2n) is 7.15. The lowest BCUT2D eigenvalue weighted by molar-refractivity contribution is 0.0601. The number of methoxy groups -OCH3 is 1. The Kier molecular flexibility index (Phi) is 5.99. The fourth-order valence-corrected chi connectivity index (χ4v) is 5.33. The maximum atomic E-state index is 12.4. The molecule has 138 valence electrons. The van der Waals surface area contributed by atoms with E-state index in [4.69, 9.17) is 4.74 Å². The highest BCUT2D eigenvalue weighted by atomic mass is 32.1. The molecule has 3 rings (SSSR count). The molecule has 25 heavy (non-hydrogen) atoms. The van der Waals surface area contributed by atoms with Crippen molar-refractivity contribution in [2.45, 2.75) is 70.8 Å². The van der Waals surface area contributed by atoms with Gasteiger partial charge in [-0.15, -0.1) is 11.3 Å². The van der Waals surface area contributed by atoms with Crippen LogP contribution < -0.4 is 10.6 Å². The standard InChI is InChI=1S/C19H28N2O3S/c1-3-12-9-10-14-15(11-12)25-17(16(14)18(22)24-2)21-19(23)20-13-7-5-4-6-8-13/h12-13H,3-11H2,1-2H3,(H2,20,21,23). The van der Waals surface area contributed by atoms with Crippen LogP contribution in [0.25, 0.3) is 0 Å². The second-order valence-corrected chi connectivity index (χ2v) is 8.26. The third-order valence-electron chi connectivity index (χ3n) is 5.50. The lowest BCUT2D eigenvalue weighted by Crippen LogP contribution is -2.39. The van der Waals surface area contributed by atoms with Crippen LogP contribution in [0.4, 0.5) is 9.80 Å². The van der Waals surface area contributed by atoms with Gasteiger partial charge in [0.1, 0.15) is 5.00 Å². The SMILES string of the molecule is CCC1CCc2c(sc(NC(=O)NC3CCCCC3)c2C(=O)OC)C1. The number of fused-ring (bicyclic) bond motifs is 1. The topological polar surface area (TPSA) is 67.4 Å². The number of urea groups is 1. The number of rotatable bonds is 4. The van der Waals surface area contributed by atoms with Gasteiger partial charge in [-0.25, -0.2) is 9.59 Å². The molecule has 2 aliphatic carbocycles. The van der Waals surface area contributed by atoms with E-state index in [1.165, 1.54) is 31.2 Å². The molecule has 0 radical (unpaired) electrons. The Labute approximate surface area is 153 Å². The van der Waals surface area contributed by atoms with Gasteiger partial charge in [-0.2, -0.15) is 0 Å². The summed E-state index contributed by atoms with van der Waals surface area (Å²) >= 11 is 1.54. The smallest absolute Gasteiger partial charge is 0.341 e. The Morgan fingerprint density at radius 1 is 1.20 bits per heavy atom. The van der Waals surface area contributed by atoms with Crippen LogP contribution in [-0.4, -0.2) is 25.2 Å². The zero-order valence-corrected chi connectivity index (χ0v) is 16.0. The normalized spacial score (nSPS) is 20.6. The van der Waals surface area contributed by atoms with E-state index in [1.54, 1.807) is 11.3 Å². The summed E-state index contributed by atoms with van der Waals surface area (Å²) in [4.78, 5) is 25.9. The number of esters is 1. The van der Waals surface area contributed by atoms with Gasteiger partial charge in [0.15, 0.2) is 0 Å². The van der Waals surface area contributed by atoms with Crippen LogP contribution in [0.2, 0.25) is 0 Å². The minimum Gasteiger partial charge on any atom is -0.465 e. The van der Waals surface area contributed by atoms with Gasteiger partial charge >= 0.3 is 12.0 Å². The summed E-state index contributed by atoms with van der Waals surface area (Å²) in [7, 11) is 1.40. The monoisotopic (exact) mass is 364 g/mol. The van der Waals surface area contributed by atoms with Crippen molar-refractivity contribution < 1.29 is 14.3 Å². The first-order valence-electron chi connectivity index (χ1n) is 9.42. The Morgan fingerprint density at radius 2 is 1.96 bits per heavy atom. The van der Waals surface area contributed by atoms with Gasteiger partial charge in [0.2, 0.25) is 0 Å². The Balaban J connectivity index is 1.76. The summed E-state index contributed by atoms with van der Waals surface area (Å²) in [6.45, 7) is 2.21. The lowest BCUT2D eigenvalue weighted by Gasteiger charge is -2.22. The van der Waals surface area contributed by atoms with Crippen LogP contribution in [0.3, 0.4) is 0 Å². The molecule has 2 N–H and O–H groups in total. The molecule has 1 heterocycles. The van der Waals surface area contributed by atoms with Gasteiger partial charge in [-0.3, -0.25) is 5.32 Å². The van der Waals surface area contributed by atoms with E-state index < -0.39 is 0 Å². The van der Waals surface area contributed by atoms with Gasteiger partial charge in [-0.1, -0.05) is 32.6 Å². The quantitative estimate of drug-likeness (QED) is 0.773. The average molecular weight is 365 g/mol. The molecule has 2 amide bonds. The number of hydrogen-bond donors (Lipinski definition) is 2. The highest BCUT2D eigenvalue weighted by molar-refractivity contribution is 7.17. The molecule has 5 nitrogen and oxygen atoms in total. The van der Waals surface area contributed by atoms with E-state index in [0.29, 0.717) is 16.5 Å². The second kappa shape index (κ2) is 8.21. The number of thiophene rings is 1. The zero-order valence-electron chi connectivity index (χ0n) is 15.2. The summed E-state index contributed by atoms with van der Waals surface area (Å²) in [5.41, 5.74) is 1.64. The minimum atomic E-state index is -0.347. The minimum absolute atomic E-state index is 0.206. The zero-order chi connectivity index (χ0) is 17.8. The molecule has 1 saturated carbocycles. The maximum absolute atomic E-state index is 12.4. The van der Waals surface area contributed by atoms with Crippen LogP contribution >= 0.6 is 11.3 Å². The molecule has 0 bridgehead atoms. The Hall–Kier alpha value is -1.56. The Morgan fingerprint density at radius 3 is 2.64 bits per heavy atom. The first-order valence-corrected chi connectivity index (χ1v) is 10.2. The fourth-order valence-electron chi connectivity index (χ4n) is 3.98. The maximum Gasteiger partial charge on any atom is 0.341 e. The predicted octanol–water partition coefficient (Wildman–Crippen LogP) is 4.50. The van der Waals surface area contributed by atoms with E-state index in [9.17, 15) is 9.59 Å². The van der Waals surface area contributed by atoms with E-state index in [-0.39, 0.29) is 18.0 Å². The Bertz CT molecular complexity index is 635. The van der Waals surface area contributed by atoms with Crippen molar-refractivity contribution in [2.24, 2.45) is 5.92 Å². The van der Waals surface area contributed by atoms with E-state index in [1.807, 2.05) is 0 Å². The summed E-state index contributed by atoms with van der Waals surface area (Å²) in [6.07, 6.45) is 9.80. The molecule has 0 spiro atoms. The van der Waals surface area contributed by atoms with Crippen LogP contribution in [0, 0.1) is 5.92 Å². The number of nitrogens with one attached hydrogen (secondary N) is 2. The van der Waals surface area contributed by atoms with Gasteiger partial charge in [0.05, 0.1) is 12.7 Å². The molecule has 1 aromatic rings. The van der Waals surface area contributed by atoms with Crippen molar-refractivity contribution >= 4 is 28.3 Å². The molecule has 2 aliphatic rings. The van der Waals surface area contributed by atoms with Gasteiger partial charge in [-0.05, 0) is 43.6 Å². The molecule has 1 unspecified atom stereocenters. The third kappa shape index (κ3) is 4.17. The average Bonchev–Trinajstić information content (AvgIpc) is 2.98. The largest absolute Gasteiger partial charge is 0.465 e. The fraction of sp³-hybridized carbons (Fsp3) is 0.684. The number of carbonyl (C=O) groups is 2. The van der Waals surface area contributed by atoms with Crippen LogP contribution in [0.15, 0.2) is 0 Å². The van der Waals surface area contributed by atoms with Crippen molar-refractivity contribution in [1.29, 1.82) is 0 Å². The van der Waals surface area contributed by atoms with Crippen LogP contribution in [0.5, 0.6) is 0 Å². The van der Waals surface area contributed by atoms with E-state index in [2.05, 4.69) is 17.6 Å². The summed E-state index contributed by atoms with van der Waals surface area (Å²) < 4.78 is 4.98. The van der Waals surface area contributed by atoms with Crippen molar-refractivity contribution in [2.75, 3.05) is 12.4 Å². The lowest BCUT2D eigenvalue weighted by atomic mass is 9.86. The van der Waals surface area contributed by atoms with Crippen LogP contribution in [0.1, 0.15) is 72.7 Å². The molecule has 1 atom stereocenters. The molecule has 1 fully saturated rings. The van der Waals surface area contributed by atoms with Crippen molar-refractivity contribution in [1.82, 2.24) is 5.32 Å². The van der Waals surface area contributed by atoms with E-state index >= 15 is 0 Å². The molecule has 1 aromatic heterocycles. The predicted molar refractivity (Wildman–Crippen MR) is 100 cm³/mol. The van der Waals surface area contributed by atoms with Crippen molar-refractivity contribution in [3.8, 4) is 0 Å². The number of hydrogen-bond acceptors (Lipinski definition) is 4. The number of anilines is 1. The first-order chi connectivity index (χ1) is 12.1. The molecule has 0 aliphatic heterocycles. The van der Waals surface area contributed by atoms with Gasteiger partial charge in [0.25, 0.3) is 0 Å². The summed E-state index contributed by atoms with van der Waals surface area (Å²) in [6, 6.07) is 0.0390. The van der Waals surface area contributed by atoms with E-state index in [0.717, 1.165) is 44.1 Å². The summed E-state index contributed by atoms with van der Waals surface area (Å²) in [5.74, 6) is 0.320. The third-order valence-corrected chi connectivity index (χ3v) is 6.67. The van der Waals surface area contributed by atoms with Crippen molar-refractivity contribution in [3.63, 3.8) is 0 Å². The van der Waals surface area contributed by atoms with Crippen molar-refractivity contribution in [3.05, 3.63) is 16.0 Å². The number of amides is 2. The van der Waals surface area contributed by atoms with Crippen LogP contribution in [-0.2, 0) is 17.6 Å². The number of ether oxygens (including phenoxy) is 1. The first kappa shape index (κ1) is 18.2. The molecular weight excluding hydrogens is 336 g/mol.